The molecule has 6 nitrogen and oxygen atoms in total. The van der Waals surface area contributed by atoms with E-state index in [1.54, 1.807) is 17.0 Å². The molecule has 0 saturated carbocycles. The first-order valence-corrected chi connectivity index (χ1v) is 10.1. The number of hydrogen-bond acceptors (Lipinski definition) is 5. The molecule has 0 spiro atoms. The van der Waals surface area contributed by atoms with Crippen molar-refractivity contribution in [1.82, 2.24) is 14.5 Å². The van der Waals surface area contributed by atoms with Crippen LogP contribution in [0.25, 0.3) is 6.08 Å². The van der Waals surface area contributed by atoms with Crippen molar-refractivity contribution >= 4 is 11.9 Å². The Balaban J connectivity index is 1.51. The average molecular weight is 382 g/mol. The number of anilines is 1. The first kappa shape index (κ1) is 20.3. The Morgan fingerprint density at radius 1 is 1.29 bits per heavy atom. The van der Waals surface area contributed by atoms with Crippen molar-refractivity contribution in [2.24, 2.45) is 5.73 Å². The molecule has 1 aromatic heterocycles. The normalized spacial score (nSPS) is 16.3. The van der Waals surface area contributed by atoms with Gasteiger partial charge in [0.05, 0.1) is 0 Å². The number of rotatable bonds is 8. The third kappa shape index (κ3) is 5.78. The highest BCUT2D eigenvalue weighted by molar-refractivity contribution is 5.52. The molecule has 1 saturated heterocycles. The van der Waals surface area contributed by atoms with E-state index in [1.807, 2.05) is 6.07 Å². The van der Waals surface area contributed by atoms with Gasteiger partial charge in [-0.05, 0) is 38.3 Å². The fourth-order valence-electron chi connectivity index (χ4n) is 3.64. The minimum absolute atomic E-state index is 0.0555. The van der Waals surface area contributed by atoms with Crippen LogP contribution in [0, 0.1) is 0 Å². The molecule has 3 rings (SSSR count). The zero-order valence-electron chi connectivity index (χ0n) is 16.7. The summed E-state index contributed by atoms with van der Waals surface area (Å²) in [6.07, 6.45) is 8.48. The number of nitrogens with zero attached hydrogens (tertiary/aromatic N) is 3. The van der Waals surface area contributed by atoms with E-state index < -0.39 is 0 Å². The van der Waals surface area contributed by atoms with Crippen LogP contribution in [0.15, 0.2) is 53.1 Å². The van der Waals surface area contributed by atoms with Crippen LogP contribution in [0.1, 0.15) is 31.7 Å². The second-order valence-corrected chi connectivity index (χ2v) is 7.51. The Hall–Kier alpha value is -2.44. The van der Waals surface area contributed by atoms with Gasteiger partial charge in [0.15, 0.2) is 5.82 Å². The number of nitrogens with two attached hydrogens (primary N) is 1. The number of nitrogens with one attached hydrogen (secondary N) is 1. The summed E-state index contributed by atoms with van der Waals surface area (Å²) >= 11 is 0. The average Bonchev–Trinajstić information content (AvgIpc) is 2.71. The zero-order chi connectivity index (χ0) is 19.8. The molecule has 6 heteroatoms. The molecule has 28 heavy (non-hydrogen) atoms. The summed E-state index contributed by atoms with van der Waals surface area (Å²) in [4.78, 5) is 19.2. The van der Waals surface area contributed by atoms with Crippen molar-refractivity contribution < 1.29 is 0 Å². The lowest BCUT2D eigenvalue weighted by molar-refractivity contribution is 0.236. The first-order chi connectivity index (χ1) is 13.7. The maximum Gasteiger partial charge on any atom is 0.293 e. The van der Waals surface area contributed by atoms with Crippen molar-refractivity contribution in [3.63, 3.8) is 0 Å². The van der Waals surface area contributed by atoms with E-state index >= 15 is 0 Å². The van der Waals surface area contributed by atoms with Gasteiger partial charge in [-0.2, -0.15) is 0 Å². The van der Waals surface area contributed by atoms with E-state index in [0.29, 0.717) is 24.9 Å². The quantitative estimate of drug-likeness (QED) is 0.735. The van der Waals surface area contributed by atoms with Crippen LogP contribution in [0.4, 0.5) is 5.82 Å². The number of hydrogen-bond donors (Lipinski definition) is 2. The lowest BCUT2D eigenvalue weighted by atomic mass is 10.0. The largest absolute Gasteiger partial charge is 0.363 e. The van der Waals surface area contributed by atoms with Crippen LogP contribution in [-0.2, 0) is 6.54 Å². The van der Waals surface area contributed by atoms with Crippen molar-refractivity contribution in [1.29, 1.82) is 0 Å². The predicted molar refractivity (Wildman–Crippen MR) is 115 cm³/mol. The van der Waals surface area contributed by atoms with Gasteiger partial charge in [0, 0.05) is 44.6 Å². The second kappa shape index (κ2) is 10.2. The van der Waals surface area contributed by atoms with Crippen LogP contribution in [0.5, 0.6) is 0 Å². The Labute approximate surface area is 167 Å². The van der Waals surface area contributed by atoms with Gasteiger partial charge < -0.3 is 15.6 Å². The highest BCUT2D eigenvalue weighted by atomic mass is 16.1. The van der Waals surface area contributed by atoms with Gasteiger partial charge >= 0.3 is 0 Å². The highest BCUT2D eigenvalue weighted by Crippen LogP contribution is 2.16. The topological polar surface area (TPSA) is 76.2 Å². The van der Waals surface area contributed by atoms with Crippen molar-refractivity contribution in [3.8, 4) is 0 Å². The molecule has 0 amide bonds. The minimum atomic E-state index is -0.0555. The molecule has 0 radical (unpaired) electrons. The van der Waals surface area contributed by atoms with Gasteiger partial charge in [-0.25, -0.2) is 4.98 Å². The zero-order valence-corrected chi connectivity index (χ0v) is 16.7. The molecule has 2 heterocycles. The standard InChI is InChI=1S/C22H31N5O/c1-18(16-19-6-3-2-4-7-19)17-26-13-8-20(9-14-26)25-21-22(28)27(12-5-10-23)15-11-24-21/h2-4,6-7,11,15-16,20H,5,8-10,12-14,17,23H2,1H3,(H,24,25)/b18-16+. The van der Waals surface area contributed by atoms with Gasteiger partial charge in [-0.15, -0.1) is 0 Å². The lowest BCUT2D eigenvalue weighted by Crippen LogP contribution is -2.41. The summed E-state index contributed by atoms with van der Waals surface area (Å²) in [5, 5.41) is 3.36. The molecule has 1 aliphatic heterocycles. The number of aromatic nitrogens is 2. The highest BCUT2D eigenvalue weighted by Gasteiger charge is 2.20. The van der Waals surface area contributed by atoms with Crippen molar-refractivity contribution in [2.45, 2.75) is 38.8 Å². The van der Waals surface area contributed by atoms with E-state index in [-0.39, 0.29) is 5.56 Å². The molecular formula is C22H31N5O. The van der Waals surface area contributed by atoms with Crippen molar-refractivity contribution in [2.75, 3.05) is 31.5 Å². The molecule has 2 aromatic rings. The Bertz CT molecular complexity index is 822. The smallest absolute Gasteiger partial charge is 0.293 e. The third-order valence-electron chi connectivity index (χ3n) is 5.13. The first-order valence-electron chi connectivity index (χ1n) is 10.1. The van der Waals surface area contributed by atoms with Gasteiger partial charge in [-0.1, -0.05) is 42.0 Å². The van der Waals surface area contributed by atoms with Crippen LogP contribution in [0.2, 0.25) is 0 Å². The minimum Gasteiger partial charge on any atom is -0.363 e. The van der Waals surface area contributed by atoms with Gasteiger partial charge in [-0.3, -0.25) is 9.69 Å². The SMILES string of the molecule is C/C(=C\c1ccccc1)CN1CCC(Nc2nccn(CCCN)c2=O)CC1. The number of benzene rings is 1. The summed E-state index contributed by atoms with van der Waals surface area (Å²) in [6.45, 7) is 6.43. The summed E-state index contributed by atoms with van der Waals surface area (Å²) in [5.41, 5.74) is 8.11. The second-order valence-electron chi connectivity index (χ2n) is 7.51. The maximum absolute atomic E-state index is 12.5. The summed E-state index contributed by atoms with van der Waals surface area (Å²) in [6, 6.07) is 10.7. The molecule has 3 N–H and O–H groups in total. The van der Waals surface area contributed by atoms with Crippen LogP contribution < -0.4 is 16.6 Å². The van der Waals surface area contributed by atoms with Gasteiger partial charge in [0.1, 0.15) is 0 Å². The van der Waals surface area contributed by atoms with Crippen molar-refractivity contribution in [3.05, 3.63) is 64.2 Å². The summed E-state index contributed by atoms with van der Waals surface area (Å²) < 4.78 is 1.69. The lowest BCUT2D eigenvalue weighted by Gasteiger charge is -2.32. The maximum atomic E-state index is 12.5. The predicted octanol–water partition coefficient (Wildman–Crippen LogP) is 2.57. The third-order valence-corrected chi connectivity index (χ3v) is 5.13. The molecule has 1 aliphatic rings. The van der Waals surface area contributed by atoms with E-state index in [2.05, 4.69) is 52.5 Å². The molecule has 0 unspecified atom stereocenters. The van der Waals surface area contributed by atoms with Gasteiger partial charge in [0.25, 0.3) is 5.56 Å². The van der Waals surface area contributed by atoms with E-state index in [0.717, 1.165) is 38.9 Å². The number of piperidine rings is 1. The van der Waals surface area contributed by atoms with Gasteiger partial charge in [0.2, 0.25) is 0 Å². The summed E-state index contributed by atoms with van der Waals surface area (Å²) in [5.74, 6) is 0.457. The monoisotopic (exact) mass is 381 g/mol. The molecule has 1 fully saturated rings. The fraction of sp³-hybridized carbons (Fsp3) is 0.455. The molecule has 1 aromatic carbocycles. The molecule has 150 valence electrons. The van der Waals surface area contributed by atoms with E-state index in [1.165, 1.54) is 11.1 Å². The number of likely N-dealkylation sites (tertiary alicyclic amines) is 1. The van der Waals surface area contributed by atoms with E-state index in [4.69, 9.17) is 5.73 Å². The molecule has 0 atom stereocenters. The molecular weight excluding hydrogens is 350 g/mol. The molecule has 0 aliphatic carbocycles. The molecule has 0 bridgehead atoms. The fourth-order valence-corrected chi connectivity index (χ4v) is 3.64. The van der Waals surface area contributed by atoms with Crippen LogP contribution in [-0.4, -0.2) is 46.7 Å². The summed E-state index contributed by atoms with van der Waals surface area (Å²) in [7, 11) is 0. The van der Waals surface area contributed by atoms with E-state index in [9.17, 15) is 4.79 Å². The number of aryl methyl sites for hydroxylation is 1. The Morgan fingerprint density at radius 2 is 2.04 bits per heavy atom. The Kier molecular flexibility index (Phi) is 7.39. The van der Waals surface area contributed by atoms with Crippen LogP contribution >= 0.6 is 0 Å². The Morgan fingerprint density at radius 3 is 2.75 bits per heavy atom. The van der Waals surface area contributed by atoms with Crippen LogP contribution in [0.3, 0.4) is 0 Å².